The number of ether oxygens (including phenoxy) is 2. The van der Waals surface area contributed by atoms with Crippen molar-refractivity contribution in [3.05, 3.63) is 156 Å². The molecule has 49 heavy (non-hydrogen) atoms. The van der Waals surface area contributed by atoms with Gasteiger partial charge in [0.15, 0.2) is 0 Å². The third-order valence-corrected chi connectivity index (χ3v) is 8.32. The quantitative estimate of drug-likeness (QED) is 0.0812. The van der Waals surface area contributed by atoms with Crippen molar-refractivity contribution < 1.29 is 23.9 Å². The van der Waals surface area contributed by atoms with Crippen molar-refractivity contribution in [1.29, 1.82) is 0 Å². The van der Waals surface area contributed by atoms with Crippen LogP contribution in [0.4, 0.5) is 11.4 Å². The Kier molecular flexibility index (Phi) is 12.2. The van der Waals surface area contributed by atoms with Crippen LogP contribution in [0.3, 0.4) is 0 Å². The molecule has 0 fully saturated rings. The summed E-state index contributed by atoms with van der Waals surface area (Å²) in [5, 5.41) is 8.18. The maximum Gasteiger partial charge on any atom is 0.272 e. The zero-order chi connectivity index (χ0) is 34.4. The van der Waals surface area contributed by atoms with E-state index in [1.54, 1.807) is 48.5 Å². The summed E-state index contributed by atoms with van der Waals surface area (Å²) in [5.41, 5.74) is 3.40. The third-order valence-electron chi connectivity index (χ3n) is 7.21. The van der Waals surface area contributed by atoms with E-state index < -0.39 is 17.1 Å². The van der Waals surface area contributed by atoms with Gasteiger partial charge in [-0.05, 0) is 91.7 Å². The van der Waals surface area contributed by atoms with E-state index in [9.17, 15) is 14.4 Å². The molecule has 0 saturated carbocycles. The molecule has 248 valence electrons. The Morgan fingerprint density at radius 2 is 1.39 bits per heavy atom. The highest BCUT2D eigenvalue weighted by atomic mass is 32.2. The molecule has 5 aromatic carbocycles. The van der Waals surface area contributed by atoms with Crippen LogP contribution in [0.5, 0.6) is 11.5 Å². The molecule has 5 rings (SSSR count). The fraction of sp³-hybridized carbons (Fsp3) is 0.125. The smallest absolute Gasteiger partial charge is 0.272 e. The van der Waals surface area contributed by atoms with E-state index in [0.717, 1.165) is 10.5 Å². The van der Waals surface area contributed by atoms with Crippen molar-refractivity contribution in [1.82, 2.24) is 5.32 Å². The van der Waals surface area contributed by atoms with E-state index in [1.165, 1.54) is 11.8 Å². The van der Waals surface area contributed by atoms with Crippen LogP contribution >= 0.6 is 11.8 Å². The van der Waals surface area contributed by atoms with Crippen molar-refractivity contribution in [2.45, 2.75) is 30.6 Å². The van der Waals surface area contributed by atoms with Gasteiger partial charge in [0.25, 0.3) is 11.8 Å². The molecule has 3 N–H and O–H groups in total. The normalized spacial score (nSPS) is 11.6. The summed E-state index contributed by atoms with van der Waals surface area (Å²) < 4.78 is 11.5. The highest BCUT2D eigenvalue weighted by Gasteiger charge is 2.18. The van der Waals surface area contributed by atoms with Gasteiger partial charge in [0.2, 0.25) is 5.91 Å². The van der Waals surface area contributed by atoms with Gasteiger partial charge in [0, 0.05) is 16.1 Å². The van der Waals surface area contributed by atoms with Crippen molar-refractivity contribution >= 4 is 46.9 Å². The van der Waals surface area contributed by atoms with E-state index in [1.807, 2.05) is 105 Å². The fourth-order valence-corrected chi connectivity index (χ4v) is 5.54. The maximum atomic E-state index is 13.5. The second-order valence-electron chi connectivity index (χ2n) is 10.9. The molecule has 0 aliphatic rings. The highest BCUT2D eigenvalue weighted by molar-refractivity contribution is 8.00. The summed E-state index contributed by atoms with van der Waals surface area (Å²) in [5.74, 6) is 0.242. The second-order valence-corrected chi connectivity index (χ2v) is 12.3. The van der Waals surface area contributed by atoms with Gasteiger partial charge in [-0.15, -0.1) is 11.8 Å². The maximum absolute atomic E-state index is 13.5. The van der Waals surface area contributed by atoms with Gasteiger partial charge in [-0.1, -0.05) is 72.8 Å². The minimum absolute atomic E-state index is 0.0721. The Hall–Kier alpha value is -5.80. The molecule has 9 heteroatoms. The topological polar surface area (TPSA) is 106 Å². The molecule has 0 radical (unpaired) electrons. The first-order valence-electron chi connectivity index (χ1n) is 15.8. The molecule has 0 aliphatic carbocycles. The molecule has 0 spiro atoms. The standard InChI is InChI=1S/C40H37N3O5S/c1-3-47-37-17-11-10-16-35(37)42-38(44)28(2)49-34-24-20-32(21-25-34)41-40(46)36(43-39(45)31-14-8-5-9-15-31)26-29-18-22-33(23-19-29)48-27-30-12-6-4-7-13-30/h4-26,28H,3,27H2,1-2H3,(H,41,46)(H,42,44)(H,43,45)/b36-26-. The molecule has 0 saturated heterocycles. The number of nitrogens with one attached hydrogen (secondary N) is 3. The van der Waals surface area contributed by atoms with Crippen LogP contribution in [0, 0.1) is 0 Å². The molecule has 1 atom stereocenters. The Bertz CT molecular complexity index is 1880. The lowest BCUT2D eigenvalue weighted by molar-refractivity contribution is -0.115. The molecule has 1 unspecified atom stereocenters. The van der Waals surface area contributed by atoms with Crippen LogP contribution < -0.4 is 25.4 Å². The molecule has 0 bridgehead atoms. The molecule has 0 aliphatic heterocycles. The van der Waals surface area contributed by atoms with E-state index in [2.05, 4.69) is 16.0 Å². The van der Waals surface area contributed by atoms with Crippen LogP contribution in [0.2, 0.25) is 0 Å². The minimum Gasteiger partial charge on any atom is -0.492 e. The van der Waals surface area contributed by atoms with Crippen molar-refractivity contribution in [3.8, 4) is 11.5 Å². The van der Waals surface area contributed by atoms with Crippen LogP contribution in [0.15, 0.2) is 144 Å². The SMILES string of the molecule is CCOc1ccccc1NC(=O)C(C)Sc1ccc(NC(=O)/C(=C/c2ccc(OCc3ccccc3)cc2)NC(=O)c2ccccc2)cc1. The summed E-state index contributed by atoms with van der Waals surface area (Å²) in [6.45, 7) is 4.65. The summed E-state index contributed by atoms with van der Waals surface area (Å²) in [4.78, 5) is 40.3. The largest absolute Gasteiger partial charge is 0.492 e. The number of hydrogen-bond donors (Lipinski definition) is 3. The molecule has 0 aromatic heterocycles. The summed E-state index contributed by atoms with van der Waals surface area (Å²) in [6.07, 6.45) is 1.62. The lowest BCUT2D eigenvalue weighted by atomic mass is 10.1. The number of amides is 3. The second kappa shape index (κ2) is 17.4. The summed E-state index contributed by atoms with van der Waals surface area (Å²) in [7, 11) is 0. The molecular weight excluding hydrogens is 635 g/mol. The number of thioether (sulfide) groups is 1. The van der Waals surface area contributed by atoms with Gasteiger partial charge in [0.05, 0.1) is 17.5 Å². The number of carbonyl (C=O) groups excluding carboxylic acids is 3. The van der Waals surface area contributed by atoms with E-state index in [4.69, 9.17) is 9.47 Å². The number of benzene rings is 5. The molecule has 0 heterocycles. The van der Waals surface area contributed by atoms with Crippen molar-refractivity contribution in [2.75, 3.05) is 17.2 Å². The van der Waals surface area contributed by atoms with Crippen LogP contribution in [0.25, 0.3) is 6.08 Å². The first-order chi connectivity index (χ1) is 23.9. The predicted octanol–water partition coefficient (Wildman–Crippen LogP) is 8.19. The van der Waals surface area contributed by atoms with Gasteiger partial charge < -0.3 is 25.4 Å². The Labute approximate surface area is 290 Å². The minimum atomic E-state index is -0.491. The van der Waals surface area contributed by atoms with E-state index in [-0.39, 0.29) is 11.6 Å². The van der Waals surface area contributed by atoms with E-state index >= 15 is 0 Å². The number of rotatable bonds is 14. The highest BCUT2D eigenvalue weighted by Crippen LogP contribution is 2.28. The first kappa shape index (κ1) is 34.5. The monoisotopic (exact) mass is 671 g/mol. The van der Waals surface area contributed by atoms with Crippen molar-refractivity contribution in [3.63, 3.8) is 0 Å². The Morgan fingerprint density at radius 1 is 0.735 bits per heavy atom. The van der Waals surface area contributed by atoms with Crippen molar-refractivity contribution in [2.24, 2.45) is 0 Å². The van der Waals surface area contributed by atoms with E-state index in [0.29, 0.717) is 47.2 Å². The van der Waals surface area contributed by atoms with Gasteiger partial charge in [0.1, 0.15) is 23.8 Å². The lowest BCUT2D eigenvalue weighted by Gasteiger charge is -2.15. The predicted molar refractivity (Wildman–Crippen MR) is 196 cm³/mol. The Balaban J connectivity index is 1.24. The molecule has 8 nitrogen and oxygen atoms in total. The number of anilines is 2. The van der Waals surface area contributed by atoms with Crippen LogP contribution in [-0.4, -0.2) is 29.6 Å². The lowest BCUT2D eigenvalue weighted by Crippen LogP contribution is -2.30. The molecular formula is C40H37N3O5S. The van der Waals surface area contributed by atoms with Crippen LogP contribution in [-0.2, 0) is 16.2 Å². The fourth-order valence-electron chi connectivity index (χ4n) is 4.67. The Morgan fingerprint density at radius 3 is 2.08 bits per heavy atom. The van der Waals surface area contributed by atoms with Gasteiger partial charge in [-0.25, -0.2) is 0 Å². The van der Waals surface area contributed by atoms with Gasteiger partial charge in [-0.3, -0.25) is 14.4 Å². The average molecular weight is 672 g/mol. The van der Waals surface area contributed by atoms with Gasteiger partial charge in [-0.2, -0.15) is 0 Å². The summed E-state index contributed by atoms with van der Waals surface area (Å²) >= 11 is 1.39. The summed E-state index contributed by atoms with van der Waals surface area (Å²) in [6, 6.07) is 40.3. The van der Waals surface area contributed by atoms with Gasteiger partial charge >= 0.3 is 0 Å². The molecule has 5 aromatic rings. The number of carbonyl (C=O) groups is 3. The zero-order valence-corrected chi connectivity index (χ0v) is 28.0. The molecule has 3 amide bonds. The first-order valence-corrected chi connectivity index (χ1v) is 16.7. The third kappa shape index (κ3) is 10.3. The zero-order valence-electron chi connectivity index (χ0n) is 27.2. The van der Waals surface area contributed by atoms with Crippen LogP contribution in [0.1, 0.15) is 35.3 Å². The average Bonchev–Trinajstić information content (AvgIpc) is 3.13. The number of para-hydroxylation sites is 2. The number of hydrogen-bond acceptors (Lipinski definition) is 6.